The molecule has 0 bridgehead atoms. The third-order valence-electron chi connectivity index (χ3n) is 2.01. The first-order valence-corrected chi connectivity index (χ1v) is 5.70. The fourth-order valence-corrected chi connectivity index (χ4v) is 1.53. The van der Waals surface area contributed by atoms with Crippen LogP contribution in [0.2, 0.25) is 0 Å². The standard InChI is InChI=1S/C12H16N2OS/c1-3-5-11(15)14-12(16)13-10-7-4-6-9(2)8-10/h4,6-8H,3,5H2,1-2H3,(H2,13,14,15,16). The second-order valence-electron chi connectivity index (χ2n) is 3.62. The van der Waals surface area contributed by atoms with Gasteiger partial charge in [0.2, 0.25) is 5.91 Å². The highest BCUT2D eigenvalue weighted by atomic mass is 32.1. The van der Waals surface area contributed by atoms with Gasteiger partial charge in [-0.3, -0.25) is 4.79 Å². The van der Waals surface area contributed by atoms with Crippen molar-refractivity contribution < 1.29 is 4.79 Å². The van der Waals surface area contributed by atoms with E-state index in [2.05, 4.69) is 10.6 Å². The molecule has 0 radical (unpaired) electrons. The van der Waals surface area contributed by atoms with E-state index in [-0.39, 0.29) is 5.91 Å². The van der Waals surface area contributed by atoms with Gasteiger partial charge in [-0.25, -0.2) is 0 Å². The Morgan fingerprint density at radius 3 is 2.81 bits per heavy atom. The molecule has 0 unspecified atom stereocenters. The van der Waals surface area contributed by atoms with Gasteiger partial charge in [0.1, 0.15) is 0 Å². The van der Waals surface area contributed by atoms with Crippen molar-refractivity contribution in [2.75, 3.05) is 5.32 Å². The highest BCUT2D eigenvalue weighted by Gasteiger charge is 2.03. The van der Waals surface area contributed by atoms with Crippen LogP contribution in [0.4, 0.5) is 5.69 Å². The summed E-state index contributed by atoms with van der Waals surface area (Å²) in [6, 6.07) is 7.82. The molecule has 0 spiro atoms. The van der Waals surface area contributed by atoms with E-state index in [1.807, 2.05) is 38.1 Å². The van der Waals surface area contributed by atoms with Crippen LogP contribution < -0.4 is 10.6 Å². The lowest BCUT2D eigenvalue weighted by Crippen LogP contribution is -2.33. The highest BCUT2D eigenvalue weighted by molar-refractivity contribution is 7.80. The predicted molar refractivity (Wildman–Crippen MR) is 70.5 cm³/mol. The van der Waals surface area contributed by atoms with Gasteiger partial charge < -0.3 is 10.6 Å². The fraction of sp³-hybridized carbons (Fsp3) is 0.333. The van der Waals surface area contributed by atoms with Crippen LogP contribution in [0.5, 0.6) is 0 Å². The number of hydrogen-bond donors (Lipinski definition) is 2. The SMILES string of the molecule is CCCC(=O)NC(=S)Nc1cccc(C)c1. The summed E-state index contributed by atoms with van der Waals surface area (Å²) >= 11 is 5.03. The molecule has 4 heteroatoms. The van der Waals surface area contributed by atoms with Crippen LogP contribution in [0.3, 0.4) is 0 Å². The quantitative estimate of drug-likeness (QED) is 0.793. The zero-order valence-corrected chi connectivity index (χ0v) is 10.4. The van der Waals surface area contributed by atoms with E-state index in [1.165, 1.54) is 0 Å². The maximum Gasteiger partial charge on any atom is 0.226 e. The zero-order chi connectivity index (χ0) is 12.0. The van der Waals surface area contributed by atoms with Crippen LogP contribution in [0.15, 0.2) is 24.3 Å². The molecule has 16 heavy (non-hydrogen) atoms. The Labute approximate surface area is 101 Å². The van der Waals surface area contributed by atoms with Gasteiger partial charge in [0.15, 0.2) is 5.11 Å². The van der Waals surface area contributed by atoms with Gasteiger partial charge in [-0.05, 0) is 43.3 Å². The molecule has 0 atom stereocenters. The lowest BCUT2D eigenvalue weighted by molar-refractivity contribution is -0.119. The molecule has 3 nitrogen and oxygen atoms in total. The number of nitrogens with one attached hydrogen (secondary N) is 2. The Bertz CT molecular complexity index is 390. The van der Waals surface area contributed by atoms with Crippen molar-refractivity contribution in [3.63, 3.8) is 0 Å². The third kappa shape index (κ3) is 4.40. The number of hydrogen-bond acceptors (Lipinski definition) is 2. The van der Waals surface area contributed by atoms with Crippen LogP contribution in [-0.4, -0.2) is 11.0 Å². The van der Waals surface area contributed by atoms with E-state index in [9.17, 15) is 4.79 Å². The number of thiocarbonyl (C=S) groups is 1. The Morgan fingerprint density at radius 1 is 1.44 bits per heavy atom. The number of benzene rings is 1. The van der Waals surface area contributed by atoms with Crippen molar-refractivity contribution >= 4 is 28.9 Å². The molecule has 1 amide bonds. The Morgan fingerprint density at radius 2 is 2.19 bits per heavy atom. The van der Waals surface area contributed by atoms with Gasteiger partial charge in [-0.2, -0.15) is 0 Å². The van der Waals surface area contributed by atoms with E-state index in [0.717, 1.165) is 17.7 Å². The van der Waals surface area contributed by atoms with Crippen LogP contribution in [0.25, 0.3) is 0 Å². The monoisotopic (exact) mass is 236 g/mol. The van der Waals surface area contributed by atoms with Crippen molar-refractivity contribution in [1.82, 2.24) is 5.32 Å². The van der Waals surface area contributed by atoms with Crippen LogP contribution in [0.1, 0.15) is 25.3 Å². The summed E-state index contributed by atoms with van der Waals surface area (Å²) in [5.74, 6) is -0.0485. The van der Waals surface area contributed by atoms with Gasteiger partial charge in [0.05, 0.1) is 0 Å². The van der Waals surface area contributed by atoms with Crippen molar-refractivity contribution in [3.8, 4) is 0 Å². The molecule has 1 rings (SSSR count). The van der Waals surface area contributed by atoms with E-state index in [1.54, 1.807) is 0 Å². The van der Waals surface area contributed by atoms with Crippen molar-refractivity contribution in [1.29, 1.82) is 0 Å². The lowest BCUT2D eigenvalue weighted by Gasteiger charge is -2.09. The van der Waals surface area contributed by atoms with Crippen LogP contribution in [0, 0.1) is 6.92 Å². The summed E-state index contributed by atoms with van der Waals surface area (Å²) < 4.78 is 0. The lowest BCUT2D eigenvalue weighted by atomic mass is 10.2. The van der Waals surface area contributed by atoms with Crippen LogP contribution >= 0.6 is 12.2 Å². The molecule has 0 heterocycles. The van der Waals surface area contributed by atoms with Crippen molar-refractivity contribution in [2.45, 2.75) is 26.7 Å². The summed E-state index contributed by atoms with van der Waals surface area (Å²) in [7, 11) is 0. The summed E-state index contributed by atoms with van der Waals surface area (Å²) in [5, 5.41) is 5.95. The second-order valence-corrected chi connectivity index (χ2v) is 4.03. The molecule has 1 aromatic carbocycles. The molecular formula is C12H16N2OS. The average Bonchev–Trinajstić information content (AvgIpc) is 2.17. The molecular weight excluding hydrogens is 220 g/mol. The van der Waals surface area contributed by atoms with E-state index in [4.69, 9.17) is 12.2 Å². The van der Waals surface area contributed by atoms with E-state index >= 15 is 0 Å². The molecule has 0 saturated heterocycles. The summed E-state index contributed by atoms with van der Waals surface area (Å²) in [6.45, 7) is 3.96. The smallest absolute Gasteiger partial charge is 0.226 e. The summed E-state index contributed by atoms with van der Waals surface area (Å²) in [5.41, 5.74) is 2.04. The van der Waals surface area contributed by atoms with Gasteiger partial charge in [-0.1, -0.05) is 19.1 Å². The number of carbonyl (C=O) groups excluding carboxylic acids is 1. The minimum Gasteiger partial charge on any atom is -0.332 e. The molecule has 86 valence electrons. The maximum absolute atomic E-state index is 11.3. The zero-order valence-electron chi connectivity index (χ0n) is 9.54. The first-order valence-electron chi connectivity index (χ1n) is 5.29. The van der Waals surface area contributed by atoms with Crippen LogP contribution in [-0.2, 0) is 4.79 Å². The van der Waals surface area contributed by atoms with Gasteiger partial charge in [0.25, 0.3) is 0 Å². The molecule has 0 aromatic heterocycles. The first kappa shape index (κ1) is 12.6. The van der Waals surface area contributed by atoms with Crippen molar-refractivity contribution in [3.05, 3.63) is 29.8 Å². The topological polar surface area (TPSA) is 41.1 Å². The number of amides is 1. The maximum atomic E-state index is 11.3. The minimum absolute atomic E-state index is 0.0485. The number of anilines is 1. The second kappa shape index (κ2) is 6.23. The highest BCUT2D eigenvalue weighted by Crippen LogP contribution is 2.09. The molecule has 0 aliphatic heterocycles. The Kier molecular flexibility index (Phi) is 4.92. The molecule has 0 aliphatic rings. The van der Waals surface area contributed by atoms with Gasteiger partial charge in [-0.15, -0.1) is 0 Å². The van der Waals surface area contributed by atoms with E-state index in [0.29, 0.717) is 11.5 Å². The third-order valence-corrected chi connectivity index (χ3v) is 2.21. The minimum atomic E-state index is -0.0485. The van der Waals surface area contributed by atoms with Gasteiger partial charge >= 0.3 is 0 Å². The summed E-state index contributed by atoms with van der Waals surface area (Å²) in [4.78, 5) is 11.3. The Balaban J connectivity index is 2.48. The number of rotatable bonds is 3. The van der Waals surface area contributed by atoms with Crippen molar-refractivity contribution in [2.24, 2.45) is 0 Å². The first-order chi connectivity index (χ1) is 7.61. The molecule has 0 aliphatic carbocycles. The average molecular weight is 236 g/mol. The number of carbonyl (C=O) groups is 1. The Hall–Kier alpha value is -1.42. The molecule has 1 aromatic rings. The van der Waals surface area contributed by atoms with E-state index < -0.39 is 0 Å². The summed E-state index contributed by atoms with van der Waals surface area (Å²) in [6.07, 6.45) is 1.31. The molecule has 0 saturated carbocycles. The normalized spacial score (nSPS) is 9.62. The predicted octanol–water partition coefficient (Wildman–Crippen LogP) is 2.61. The number of aryl methyl sites for hydroxylation is 1. The molecule has 0 fully saturated rings. The molecule has 2 N–H and O–H groups in total. The largest absolute Gasteiger partial charge is 0.332 e. The fourth-order valence-electron chi connectivity index (χ4n) is 1.30. The van der Waals surface area contributed by atoms with Gasteiger partial charge in [0, 0.05) is 12.1 Å².